The zero-order chi connectivity index (χ0) is 33.3. The van der Waals surface area contributed by atoms with Crippen LogP contribution in [0.2, 0.25) is 0 Å². The van der Waals surface area contributed by atoms with Crippen LogP contribution in [0.15, 0.2) is 66.7 Å². The average molecular weight is 637 g/mol. The van der Waals surface area contributed by atoms with Crippen LogP contribution in [0.25, 0.3) is 0 Å². The summed E-state index contributed by atoms with van der Waals surface area (Å²) < 4.78 is 4.94. The average Bonchev–Trinajstić information content (AvgIpc) is 3.40. The van der Waals surface area contributed by atoms with Crippen LogP contribution < -0.4 is 31.5 Å². The van der Waals surface area contributed by atoms with Crippen molar-refractivity contribution in [1.82, 2.24) is 26.6 Å². The van der Waals surface area contributed by atoms with Crippen molar-refractivity contribution < 1.29 is 43.4 Å². The van der Waals surface area contributed by atoms with E-state index in [9.17, 15) is 33.6 Å². The van der Waals surface area contributed by atoms with Gasteiger partial charge in [0.2, 0.25) is 29.5 Å². The predicted octanol–water partition coefficient (Wildman–Crippen LogP) is -1.79. The molecule has 1 heterocycles. The molecule has 0 fully saturated rings. The first-order valence-electron chi connectivity index (χ1n) is 14.4. The first kappa shape index (κ1) is 35.1. The van der Waals surface area contributed by atoms with Gasteiger partial charge >= 0.3 is 0 Å². The van der Waals surface area contributed by atoms with Crippen LogP contribution in [0, 0.1) is 0 Å². The van der Waals surface area contributed by atoms with Crippen molar-refractivity contribution in [1.29, 1.82) is 0 Å². The molecule has 0 bridgehead atoms. The van der Waals surface area contributed by atoms with Crippen LogP contribution in [0.3, 0.4) is 0 Å². The predicted molar refractivity (Wildman–Crippen MR) is 164 cm³/mol. The summed E-state index contributed by atoms with van der Waals surface area (Å²) in [5.74, 6) is -3.68. The van der Waals surface area contributed by atoms with Gasteiger partial charge in [-0.2, -0.15) is 0 Å². The molecule has 1 aliphatic rings. The number of nitrogens with zero attached hydrogens (tertiary/aromatic N) is 1. The van der Waals surface area contributed by atoms with Crippen LogP contribution in [-0.4, -0.2) is 92.1 Å². The molecule has 6 N–H and O–H groups in total. The highest BCUT2D eigenvalue weighted by Gasteiger charge is 2.25. The Morgan fingerprint density at radius 2 is 1.33 bits per heavy atom. The van der Waals surface area contributed by atoms with Crippen molar-refractivity contribution in [2.24, 2.45) is 0 Å². The zero-order valence-corrected chi connectivity index (χ0v) is 25.0. The Hall–Kier alpha value is -5.41. The number of carbonyl (C=O) groups excluding carboxylic acids is 7. The maximum atomic E-state index is 12.8. The fraction of sp³-hybridized carbons (Fsp3) is 0.323. The summed E-state index contributed by atoms with van der Waals surface area (Å²) in [6, 6.07) is 14.5. The van der Waals surface area contributed by atoms with E-state index in [0.29, 0.717) is 12.1 Å². The smallest absolute Gasteiger partial charge is 0.258 e. The number of aryl methyl sites for hydroxylation is 1. The number of aliphatic hydroxyl groups is 1. The first-order valence-corrected chi connectivity index (χ1v) is 14.4. The van der Waals surface area contributed by atoms with Gasteiger partial charge in [0.15, 0.2) is 0 Å². The van der Waals surface area contributed by atoms with Gasteiger partial charge in [-0.25, -0.2) is 4.90 Å². The van der Waals surface area contributed by atoms with E-state index in [1.54, 1.807) is 54.6 Å². The van der Waals surface area contributed by atoms with Gasteiger partial charge < -0.3 is 36.4 Å². The number of benzene rings is 2. The van der Waals surface area contributed by atoms with Crippen LogP contribution in [0.4, 0.5) is 5.69 Å². The fourth-order valence-corrected chi connectivity index (χ4v) is 4.16. The summed E-state index contributed by atoms with van der Waals surface area (Å²) in [6.07, 6.45) is 2.92. The Morgan fingerprint density at radius 3 is 2.00 bits per heavy atom. The van der Waals surface area contributed by atoms with Gasteiger partial charge in [-0.15, -0.1) is 0 Å². The summed E-state index contributed by atoms with van der Waals surface area (Å²) in [4.78, 5) is 86.4. The summed E-state index contributed by atoms with van der Waals surface area (Å²) >= 11 is 0. The normalized spacial score (nSPS) is 12.8. The number of amides is 7. The van der Waals surface area contributed by atoms with Crippen molar-refractivity contribution in [2.45, 2.75) is 25.3 Å². The van der Waals surface area contributed by atoms with Crippen LogP contribution in [0.1, 0.15) is 17.5 Å². The van der Waals surface area contributed by atoms with Crippen molar-refractivity contribution in [3.63, 3.8) is 0 Å². The molecule has 1 aliphatic heterocycles. The molecule has 15 heteroatoms. The quantitative estimate of drug-likeness (QED) is 0.0619. The van der Waals surface area contributed by atoms with Gasteiger partial charge in [0.1, 0.15) is 12.8 Å². The molecule has 46 heavy (non-hydrogen) atoms. The monoisotopic (exact) mass is 636 g/mol. The van der Waals surface area contributed by atoms with Crippen molar-refractivity contribution in [2.75, 3.05) is 44.5 Å². The van der Waals surface area contributed by atoms with Gasteiger partial charge in [0.05, 0.1) is 38.5 Å². The van der Waals surface area contributed by atoms with Crippen molar-refractivity contribution in [3.05, 3.63) is 77.9 Å². The lowest BCUT2D eigenvalue weighted by Crippen LogP contribution is -2.52. The lowest BCUT2D eigenvalue weighted by atomic mass is 10.1. The molecule has 0 aliphatic carbocycles. The van der Waals surface area contributed by atoms with Crippen LogP contribution in [-0.2, 0) is 51.1 Å². The van der Waals surface area contributed by atoms with Crippen LogP contribution in [0.5, 0.6) is 0 Å². The highest BCUT2D eigenvalue weighted by molar-refractivity contribution is 6.28. The van der Waals surface area contributed by atoms with Gasteiger partial charge in [0.25, 0.3) is 11.8 Å². The molecular formula is C31H36N6O9. The van der Waals surface area contributed by atoms with E-state index in [2.05, 4.69) is 26.6 Å². The zero-order valence-electron chi connectivity index (χ0n) is 25.0. The Kier molecular flexibility index (Phi) is 14.0. The molecular weight excluding hydrogens is 600 g/mol. The number of ether oxygens (including phenoxy) is 1. The van der Waals surface area contributed by atoms with Crippen molar-refractivity contribution >= 4 is 47.0 Å². The first-order chi connectivity index (χ1) is 22.2. The Labute approximate surface area is 264 Å². The second-order valence-electron chi connectivity index (χ2n) is 9.97. The topological polar surface area (TPSA) is 212 Å². The van der Waals surface area contributed by atoms with Gasteiger partial charge in [-0.1, -0.05) is 42.5 Å². The molecule has 2 aromatic carbocycles. The molecule has 2 aromatic rings. The molecule has 1 unspecified atom stereocenters. The third-order valence-corrected chi connectivity index (χ3v) is 6.50. The standard InChI is InChI=1S/C31H36N6O9/c38-14-15-46-20-35-27(41)18-34-31(45)24(16-22-4-2-1-3-5-22)36-28(42)19-33-26(40)17-32-25(39)11-8-21-6-9-23(10-7-21)37-29(43)12-13-30(37)44/h1-7,9-10,12-13,24,38H,8,11,14-20H2,(H,32,39)(H,33,40)(H,34,45)(H,35,41)(H,36,42). The lowest BCUT2D eigenvalue weighted by molar-refractivity contribution is -0.131. The largest absolute Gasteiger partial charge is 0.394 e. The number of imide groups is 1. The second-order valence-corrected chi connectivity index (χ2v) is 9.97. The maximum Gasteiger partial charge on any atom is 0.258 e. The van der Waals surface area contributed by atoms with Crippen LogP contribution >= 0.6 is 0 Å². The minimum atomic E-state index is -1.05. The minimum absolute atomic E-state index is 0.0459. The van der Waals surface area contributed by atoms with Gasteiger partial charge in [-0.05, 0) is 29.7 Å². The van der Waals surface area contributed by atoms with E-state index < -0.39 is 53.9 Å². The van der Waals surface area contributed by atoms with E-state index in [1.165, 1.54) is 12.2 Å². The molecule has 15 nitrogen and oxygen atoms in total. The highest BCUT2D eigenvalue weighted by Crippen LogP contribution is 2.20. The number of hydrogen-bond donors (Lipinski definition) is 6. The van der Waals surface area contributed by atoms with E-state index in [4.69, 9.17) is 9.84 Å². The highest BCUT2D eigenvalue weighted by atomic mass is 16.5. The Bertz CT molecular complexity index is 1410. The minimum Gasteiger partial charge on any atom is -0.394 e. The van der Waals surface area contributed by atoms with E-state index in [-0.39, 0.29) is 45.9 Å². The SMILES string of the molecule is O=C(CCc1ccc(N2C(=O)C=CC2=O)cc1)NCC(=O)NCC(=O)NC(Cc1ccccc1)C(=O)NCC(=O)NCOCCO. The molecule has 0 radical (unpaired) electrons. The number of rotatable bonds is 18. The summed E-state index contributed by atoms with van der Waals surface area (Å²) in [5, 5.41) is 21.0. The summed E-state index contributed by atoms with van der Waals surface area (Å²) in [5.41, 5.74) is 1.96. The molecule has 0 saturated heterocycles. The molecule has 1 atom stereocenters. The van der Waals surface area contributed by atoms with Gasteiger partial charge in [0, 0.05) is 25.0 Å². The fourth-order valence-electron chi connectivity index (χ4n) is 4.16. The van der Waals surface area contributed by atoms with Crippen molar-refractivity contribution in [3.8, 4) is 0 Å². The molecule has 0 aromatic heterocycles. The molecule has 0 saturated carbocycles. The summed E-state index contributed by atoms with van der Waals surface area (Å²) in [7, 11) is 0. The maximum absolute atomic E-state index is 12.8. The van der Waals surface area contributed by atoms with Gasteiger partial charge in [-0.3, -0.25) is 33.6 Å². The lowest BCUT2D eigenvalue weighted by Gasteiger charge is -2.19. The number of carbonyl (C=O) groups is 7. The molecule has 7 amide bonds. The number of nitrogens with one attached hydrogen (secondary N) is 5. The number of hydrogen-bond acceptors (Lipinski definition) is 9. The molecule has 0 spiro atoms. The molecule has 3 rings (SSSR count). The second kappa shape index (κ2) is 18.4. The third kappa shape index (κ3) is 11.9. The Morgan fingerprint density at radius 1 is 0.717 bits per heavy atom. The molecule has 244 valence electrons. The number of aliphatic hydroxyl groups excluding tert-OH is 1. The summed E-state index contributed by atoms with van der Waals surface area (Å²) in [6.45, 7) is -1.50. The van der Waals surface area contributed by atoms with E-state index >= 15 is 0 Å². The van der Waals surface area contributed by atoms with E-state index in [1.807, 2.05) is 0 Å². The third-order valence-electron chi connectivity index (χ3n) is 6.50. The van der Waals surface area contributed by atoms with E-state index in [0.717, 1.165) is 16.0 Å². The Balaban J connectivity index is 1.39. The number of anilines is 1.